The van der Waals surface area contributed by atoms with Gasteiger partial charge in [-0.1, -0.05) is 26.2 Å². The fourth-order valence-corrected chi connectivity index (χ4v) is 4.05. The van der Waals surface area contributed by atoms with Crippen LogP contribution in [0.3, 0.4) is 0 Å². The minimum absolute atomic E-state index is 0.425. The lowest BCUT2D eigenvalue weighted by Crippen LogP contribution is -2.49. The molecule has 0 spiro atoms. The lowest BCUT2D eigenvalue weighted by atomic mass is 9.73. The number of hydrogen-bond donors (Lipinski definition) is 1. The quantitative estimate of drug-likeness (QED) is 0.848. The van der Waals surface area contributed by atoms with E-state index >= 15 is 0 Å². The van der Waals surface area contributed by atoms with Gasteiger partial charge >= 0.3 is 0 Å². The summed E-state index contributed by atoms with van der Waals surface area (Å²) in [7, 11) is 2.27. The summed E-state index contributed by atoms with van der Waals surface area (Å²) in [5, 5.41) is 0. The zero-order valence-corrected chi connectivity index (χ0v) is 13.0. The van der Waals surface area contributed by atoms with E-state index in [1.54, 1.807) is 0 Å². The van der Waals surface area contributed by atoms with Crippen LogP contribution in [0, 0.1) is 5.41 Å². The van der Waals surface area contributed by atoms with Gasteiger partial charge < -0.3 is 10.6 Å². The summed E-state index contributed by atoms with van der Waals surface area (Å²) in [6.45, 7) is 8.23. The second-order valence-electron chi connectivity index (χ2n) is 6.91. The van der Waals surface area contributed by atoms with Crippen LogP contribution in [0.1, 0.15) is 51.9 Å². The molecular weight excluding hydrogens is 234 g/mol. The molecule has 0 aromatic carbocycles. The van der Waals surface area contributed by atoms with Gasteiger partial charge in [0.25, 0.3) is 0 Å². The Morgan fingerprint density at radius 3 is 2.47 bits per heavy atom. The van der Waals surface area contributed by atoms with Gasteiger partial charge in [-0.3, -0.25) is 4.90 Å². The van der Waals surface area contributed by atoms with Crippen molar-refractivity contribution in [2.24, 2.45) is 11.1 Å². The average Bonchev–Trinajstić information content (AvgIpc) is 2.61. The number of nitrogens with two attached hydrogens (primary N) is 1. The van der Waals surface area contributed by atoms with E-state index in [1.165, 1.54) is 71.1 Å². The first-order chi connectivity index (χ1) is 9.19. The fourth-order valence-electron chi connectivity index (χ4n) is 4.05. The van der Waals surface area contributed by atoms with Gasteiger partial charge in [0.2, 0.25) is 0 Å². The van der Waals surface area contributed by atoms with Crippen LogP contribution in [-0.2, 0) is 0 Å². The zero-order valence-electron chi connectivity index (χ0n) is 13.0. The maximum absolute atomic E-state index is 6.17. The Kier molecular flexibility index (Phi) is 5.67. The molecule has 3 heteroatoms. The highest BCUT2D eigenvalue weighted by atomic mass is 15.2. The molecule has 0 aromatic heterocycles. The summed E-state index contributed by atoms with van der Waals surface area (Å²) >= 11 is 0. The smallest absolute Gasteiger partial charge is 0.0220 e. The Balaban J connectivity index is 2.01. The minimum atomic E-state index is 0.425. The van der Waals surface area contributed by atoms with E-state index in [0.717, 1.165) is 12.6 Å². The van der Waals surface area contributed by atoms with E-state index in [4.69, 9.17) is 5.73 Å². The monoisotopic (exact) mass is 267 g/mol. The Morgan fingerprint density at radius 1 is 1.11 bits per heavy atom. The zero-order chi connectivity index (χ0) is 13.7. The van der Waals surface area contributed by atoms with Crippen LogP contribution in [0.5, 0.6) is 0 Å². The van der Waals surface area contributed by atoms with E-state index in [0.29, 0.717) is 5.41 Å². The van der Waals surface area contributed by atoms with E-state index in [1.807, 2.05) is 0 Å². The van der Waals surface area contributed by atoms with Gasteiger partial charge in [0, 0.05) is 19.1 Å². The van der Waals surface area contributed by atoms with E-state index in [2.05, 4.69) is 23.8 Å². The van der Waals surface area contributed by atoms with Gasteiger partial charge in [0.15, 0.2) is 0 Å². The van der Waals surface area contributed by atoms with Crippen molar-refractivity contribution in [2.45, 2.75) is 57.9 Å². The van der Waals surface area contributed by atoms with E-state index in [9.17, 15) is 0 Å². The normalized spacial score (nSPS) is 30.2. The maximum atomic E-state index is 6.17. The summed E-state index contributed by atoms with van der Waals surface area (Å²) < 4.78 is 0. The summed E-state index contributed by atoms with van der Waals surface area (Å²) in [6.07, 6.45) is 9.49. The van der Waals surface area contributed by atoms with Crippen LogP contribution >= 0.6 is 0 Å². The highest BCUT2D eigenvalue weighted by molar-refractivity contribution is 4.90. The molecule has 1 aliphatic carbocycles. The van der Waals surface area contributed by atoms with Crippen LogP contribution in [0.2, 0.25) is 0 Å². The molecule has 0 aromatic rings. The fraction of sp³-hybridized carbons (Fsp3) is 1.00. The molecule has 1 saturated heterocycles. The van der Waals surface area contributed by atoms with Crippen molar-refractivity contribution in [3.8, 4) is 0 Å². The predicted molar refractivity (Wildman–Crippen MR) is 82.3 cm³/mol. The van der Waals surface area contributed by atoms with Gasteiger partial charge in [-0.05, 0) is 57.8 Å². The van der Waals surface area contributed by atoms with Crippen molar-refractivity contribution in [3.05, 3.63) is 0 Å². The molecule has 3 nitrogen and oxygen atoms in total. The standard InChI is InChI=1S/C16H33N3/c1-3-15-12-18(2)10-7-11-19(15)14-16(13-17)8-5-4-6-9-16/h15H,3-14,17H2,1-2H3. The van der Waals surface area contributed by atoms with Gasteiger partial charge in [-0.25, -0.2) is 0 Å². The van der Waals surface area contributed by atoms with Crippen molar-refractivity contribution < 1.29 is 0 Å². The van der Waals surface area contributed by atoms with E-state index < -0.39 is 0 Å². The van der Waals surface area contributed by atoms with Crippen LogP contribution in [0.15, 0.2) is 0 Å². The highest BCUT2D eigenvalue weighted by Crippen LogP contribution is 2.37. The Bertz CT molecular complexity index is 261. The Labute approximate surface area is 119 Å². The average molecular weight is 267 g/mol. The molecule has 0 bridgehead atoms. The Hall–Kier alpha value is -0.120. The van der Waals surface area contributed by atoms with Crippen LogP contribution < -0.4 is 5.73 Å². The summed E-state index contributed by atoms with van der Waals surface area (Å²) in [5.74, 6) is 0. The molecule has 1 unspecified atom stereocenters. The number of rotatable bonds is 4. The van der Waals surface area contributed by atoms with Crippen LogP contribution in [0.25, 0.3) is 0 Å². The van der Waals surface area contributed by atoms with Gasteiger partial charge in [-0.2, -0.15) is 0 Å². The third kappa shape index (κ3) is 3.93. The third-order valence-electron chi connectivity index (χ3n) is 5.38. The van der Waals surface area contributed by atoms with Crippen molar-refractivity contribution in [3.63, 3.8) is 0 Å². The largest absolute Gasteiger partial charge is 0.330 e. The summed E-state index contributed by atoms with van der Waals surface area (Å²) in [4.78, 5) is 5.27. The van der Waals surface area contributed by atoms with Gasteiger partial charge in [0.1, 0.15) is 0 Å². The van der Waals surface area contributed by atoms with E-state index in [-0.39, 0.29) is 0 Å². The number of nitrogens with zero attached hydrogens (tertiary/aromatic N) is 2. The number of likely N-dealkylation sites (N-methyl/N-ethyl adjacent to an activating group) is 1. The molecule has 1 heterocycles. The third-order valence-corrected chi connectivity index (χ3v) is 5.38. The van der Waals surface area contributed by atoms with Crippen molar-refractivity contribution in [2.75, 3.05) is 39.8 Å². The summed E-state index contributed by atoms with van der Waals surface area (Å²) in [6, 6.07) is 0.734. The molecule has 1 atom stereocenters. The molecule has 1 aliphatic heterocycles. The molecule has 2 aliphatic rings. The number of hydrogen-bond acceptors (Lipinski definition) is 3. The second kappa shape index (κ2) is 7.05. The molecule has 0 radical (unpaired) electrons. The first kappa shape index (κ1) is 15.3. The second-order valence-corrected chi connectivity index (χ2v) is 6.91. The first-order valence-electron chi connectivity index (χ1n) is 8.32. The van der Waals surface area contributed by atoms with Crippen molar-refractivity contribution in [1.29, 1.82) is 0 Å². The van der Waals surface area contributed by atoms with Gasteiger partial charge in [0.05, 0.1) is 0 Å². The molecule has 0 amide bonds. The Morgan fingerprint density at radius 2 is 1.84 bits per heavy atom. The molecule has 1 saturated carbocycles. The molecule has 112 valence electrons. The topological polar surface area (TPSA) is 32.5 Å². The molecule has 2 rings (SSSR count). The van der Waals surface area contributed by atoms with Crippen LogP contribution in [0.4, 0.5) is 0 Å². The first-order valence-corrected chi connectivity index (χ1v) is 8.32. The van der Waals surface area contributed by atoms with Gasteiger partial charge in [-0.15, -0.1) is 0 Å². The SMILES string of the molecule is CCC1CN(C)CCCN1CC1(CN)CCCCC1. The molecule has 19 heavy (non-hydrogen) atoms. The maximum Gasteiger partial charge on any atom is 0.0220 e. The van der Waals surface area contributed by atoms with Crippen molar-refractivity contribution >= 4 is 0 Å². The predicted octanol–water partition coefficient (Wildman–Crippen LogP) is 2.31. The molecule has 2 N–H and O–H groups in total. The molecule has 2 fully saturated rings. The highest BCUT2D eigenvalue weighted by Gasteiger charge is 2.35. The lowest BCUT2D eigenvalue weighted by Gasteiger charge is -2.42. The molecular formula is C16H33N3. The lowest BCUT2D eigenvalue weighted by molar-refractivity contribution is 0.0798. The minimum Gasteiger partial charge on any atom is -0.330 e. The van der Waals surface area contributed by atoms with Crippen molar-refractivity contribution in [1.82, 2.24) is 9.80 Å². The summed E-state index contributed by atoms with van der Waals surface area (Å²) in [5.41, 5.74) is 6.60. The van der Waals surface area contributed by atoms with Crippen LogP contribution in [-0.4, -0.2) is 55.6 Å².